The van der Waals surface area contributed by atoms with E-state index in [1.165, 1.54) is 11.3 Å². The van der Waals surface area contributed by atoms with Gasteiger partial charge in [-0.05, 0) is 51.8 Å². The number of nitrogens with zero attached hydrogens (tertiary/aromatic N) is 3. The van der Waals surface area contributed by atoms with Gasteiger partial charge in [0.05, 0.1) is 12.2 Å². The summed E-state index contributed by atoms with van der Waals surface area (Å²) in [4.78, 5) is 16.6. The second kappa shape index (κ2) is 12.5. The maximum Gasteiger partial charge on any atom is 0.251 e. The molecule has 3 N–H and O–H groups in total. The number of aromatic nitrogens is 2. The molecule has 1 atom stereocenters. The van der Waals surface area contributed by atoms with Crippen LogP contribution < -0.4 is 16.0 Å². The van der Waals surface area contributed by atoms with Crippen LogP contribution in [0.15, 0.2) is 35.3 Å². The molecule has 1 unspecified atom stereocenters. The Kier molecular flexibility index (Phi) is 10.7. The predicted octanol–water partition coefficient (Wildman–Crippen LogP) is 2.57. The van der Waals surface area contributed by atoms with Crippen molar-refractivity contribution in [2.45, 2.75) is 40.2 Å². The summed E-state index contributed by atoms with van der Waals surface area (Å²) >= 11 is 0. The van der Waals surface area contributed by atoms with E-state index in [0.717, 1.165) is 24.6 Å². The third-order valence-electron chi connectivity index (χ3n) is 4.60. The molecule has 160 valence electrons. The standard InChI is InChI=1S/C21H32N6O.HI/c1-6-22-21(24-13-12-23-20(28)18-10-8-7-9-11-18)25-15(2)14-19-16(3)26-27(5)17(19)4;/h7-11,15H,6,12-14H2,1-5H3,(H,23,28)(H2,22,24,25);1H. The van der Waals surface area contributed by atoms with Crippen molar-refractivity contribution >= 4 is 35.8 Å². The molecular weight excluding hydrogens is 479 g/mol. The first kappa shape index (κ1) is 24.9. The number of rotatable bonds is 8. The zero-order chi connectivity index (χ0) is 20.5. The highest BCUT2D eigenvalue weighted by Crippen LogP contribution is 2.14. The second-order valence-corrected chi connectivity index (χ2v) is 6.91. The number of hydrogen-bond acceptors (Lipinski definition) is 3. The Hall–Kier alpha value is -2.10. The first-order valence-corrected chi connectivity index (χ1v) is 9.79. The highest BCUT2D eigenvalue weighted by molar-refractivity contribution is 14.0. The summed E-state index contributed by atoms with van der Waals surface area (Å²) in [6.07, 6.45) is 0.876. The van der Waals surface area contributed by atoms with Crippen LogP contribution in [-0.2, 0) is 13.5 Å². The van der Waals surface area contributed by atoms with Crippen molar-refractivity contribution in [3.63, 3.8) is 0 Å². The highest BCUT2D eigenvalue weighted by Gasteiger charge is 2.14. The van der Waals surface area contributed by atoms with Gasteiger partial charge in [-0.2, -0.15) is 5.10 Å². The van der Waals surface area contributed by atoms with E-state index < -0.39 is 0 Å². The van der Waals surface area contributed by atoms with E-state index in [4.69, 9.17) is 0 Å². The van der Waals surface area contributed by atoms with Crippen molar-refractivity contribution in [3.8, 4) is 0 Å². The van der Waals surface area contributed by atoms with Crippen molar-refractivity contribution in [1.82, 2.24) is 25.7 Å². The maximum absolute atomic E-state index is 12.1. The number of guanidine groups is 1. The van der Waals surface area contributed by atoms with Gasteiger partial charge in [0, 0.05) is 37.4 Å². The van der Waals surface area contributed by atoms with Crippen molar-refractivity contribution < 1.29 is 4.79 Å². The molecule has 7 nitrogen and oxygen atoms in total. The van der Waals surface area contributed by atoms with E-state index in [1.807, 2.05) is 43.8 Å². The average molecular weight is 512 g/mol. The molecule has 1 aromatic carbocycles. The first-order chi connectivity index (χ1) is 13.4. The molecule has 0 aliphatic carbocycles. The molecular formula is C21H33IN6O. The molecule has 1 heterocycles. The average Bonchev–Trinajstić information content (AvgIpc) is 2.91. The van der Waals surface area contributed by atoms with E-state index in [1.54, 1.807) is 12.1 Å². The molecule has 2 rings (SSSR count). The quantitative estimate of drug-likeness (QED) is 0.220. The summed E-state index contributed by atoms with van der Waals surface area (Å²) in [5.74, 6) is 0.674. The van der Waals surface area contributed by atoms with Crippen LogP contribution in [-0.4, -0.2) is 47.3 Å². The Labute approximate surface area is 190 Å². The second-order valence-electron chi connectivity index (χ2n) is 6.91. The molecule has 1 aromatic heterocycles. The third-order valence-corrected chi connectivity index (χ3v) is 4.60. The van der Waals surface area contributed by atoms with Crippen LogP contribution >= 0.6 is 24.0 Å². The summed E-state index contributed by atoms with van der Waals surface area (Å²) in [5.41, 5.74) is 4.19. The fourth-order valence-corrected chi connectivity index (χ4v) is 3.05. The molecule has 0 aliphatic heterocycles. The Morgan fingerprint density at radius 1 is 1.21 bits per heavy atom. The predicted molar refractivity (Wildman–Crippen MR) is 129 cm³/mol. The van der Waals surface area contributed by atoms with Gasteiger partial charge in [-0.15, -0.1) is 24.0 Å². The van der Waals surface area contributed by atoms with Gasteiger partial charge in [0.15, 0.2) is 5.96 Å². The maximum atomic E-state index is 12.1. The summed E-state index contributed by atoms with van der Waals surface area (Å²) in [7, 11) is 1.97. The molecule has 1 amide bonds. The number of halogens is 1. The third kappa shape index (κ3) is 7.68. The largest absolute Gasteiger partial charge is 0.357 e. The molecule has 0 aliphatic rings. The van der Waals surface area contributed by atoms with E-state index in [-0.39, 0.29) is 35.9 Å². The molecule has 0 saturated heterocycles. The lowest BCUT2D eigenvalue weighted by atomic mass is 10.1. The highest BCUT2D eigenvalue weighted by atomic mass is 127. The summed E-state index contributed by atoms with van der Waals surface area (Å²) < 4.78 is 1.92. The molecule has 29 heavy (non-hydrogen) atoms. The Balaban J connectivity index is 0.00000420. The summed E-state index contributed by atoms with van der Waals surface area (Å²) in [6.45, 7) is 10.1. The molecule has 8 heteroatoms. The lowest BCUT2D eigenvalue weighted by Crippen LogP contribution is -2.43. The van der Waals surface area contributed by atoms with E-state index in [9.17, 15) is 4.79 Å². The molecule has 2 aromatic rings. The number of hydrogen-bond donors (Lipinski definition) is 3. The fraction of sp³-hybridized carbons (Fsp3) is 0.476. The van der Waals surface area contributed by atoms with E-state index >= 15 is 0 Å². The summed E-state index contributed by atoms with van der Waals surface area (Å²) in [5, 5.41) is 14.1. The normalized spacial score (nSPS) is 12.1. The van der Waals surface area contributed by atoms with Crippen LogP contribution in [0.1, 0.15) is 41.2 Å². The number of amides is 1. The summed E-state index contributed by atoms with van der Waals surface area (Å²) in [6, 6.07) is 9.41. The number of benzene rings is 1. The number of aliphatic imine (C=N–C) groups is 1. The number of carbonyl (C=O) groups excluding carboxylic acids is 1. The zero-order valence-corrected chi connectivity index (χ0v) is 20.3. The van der Waals surface area contributed by atoms with Gasteiger partial charge in [0.2, 0.25) is 0 Å². The van der Waals surface area contributed by atoms with Crippen molar-refractivity contribution in [1.29, 1.82) is 0 Å². The van der Waals surface area contributed by atoms with Gasteiger partial charge in [0.1, 0.15) is 0 Å². The SMILES string of the molecule is CCNC(=NCCNC(=O)c1ccccc1)NC(C)Cc1c(C)nn(C)c1C.I. The Bertz CT molecular complexity index is 803. The van der Waals surface area contributed by atoms with Crippen LogP contribution in [0, 0.1) is 13.8 Å². The molecule has 0 saturated carbocycles. The van der Waals surface area contributed by atoms with E-state index in [0.29, 0.717) is 18.7 Å². The van der Waals surface area contributed by atoms with Gasteiger partial charge < -0.3 is 16.0 Å². The number of nitrogens with one attached hydrogen (secondary N) is 3. The van der Waals surface area contributed by atoms with Gasteiger partial charge in [0.25, 0.3) is 5.91 Å². The minimum absolute atomic E-state index is 0. The smallest absolute Gasteiger partial charge is 0.251 e. The zero-order valence-electron chi connectivity index (χ0n) is 18.0. The number of carbonyl (C=O) groups is 1. The van der Waals surface area contributed by atoms with Crippen molar-refractivity contribution in [2.75, 3.05) is 19.6 Å². The van der Waals surface area contributed by atoms with Crippen LogP contribution in [0.4, 0.5) is 0 Å². The fourth-order valence-electron chi connectivity index (χ4n) is 3.05. The topological polar surface area (TPSA) is 83.3 Å². The van der Waals surface area contributed by atoms with Gasteiger partial charge in [-0.25, -0.2) is 0 Å². The Morgan fingerprint density at radius 2 is 1.90 bits per heavy atom. The lowest BCUT2D eigenvalue weighted by molar-refractivity contribution is 0.0955. The van der Waals surface area contributed by atoms with Crippen molar-refractivity contribution in [3.05, 3.63) is 52.8 Å². The Morgan fingerprint density at radius 3 is 2.48 bits per heavy atom. The van der Waals surface area contributed by atoms with Gasteiger partial charge in [-0.1, -0.05) is 18.2 Å². The van der Waals surface area contributed by atoms with E-state index in [2.05, 4.69) is 39.9 Å². The molecule has 0 bridgehead atoms. The lowest BCUT2D eigenvalue weighted by Gasteiger charge is -2.18. The molecule has 0 spiro atoms. The van der Waals surface area contributed by atoms with Crippen LogP contribution in [0.25, 0.3) is 0 Å². The number of aryl methyl sites for hydroxylation is 2. The van der Waals surface area contributed by atoms with Gasteiger partial charge >= 0.3 is 0 Å². The van der Waals surface area contributed by atoms with Crippen LogP contribution in [0.3, 0.4) is 0 Å². The first-order valence-electron chi connectivity index (χ1n) is 9.79. The minimum atomic E-state index is -0.0790. The van der Waals surface area contributed by atoms with Gasteiger partial charge in [-0.3, -0.25) is 14.5 Å². The van der Waals surface area contributed by atoms with Crippen molar-refractivity contribution in [2.24, 2.45) is 12.0 Å². The molecule has 0 radical (unpaired) electrons. The van der Waals surface area contributed by atoms with Crippen LogP contribution in [0.2, 0.25) is 0 Å². The monoisotopic (exact) mass is 512 g/mol. The molecule has 0 fully saturated rings. The minimum Gasteiger partial charge on any atom is -0.357 e. The van der Waals surface area contributed by atoms with Crippen LogP contribution in [0.5, 0.6) is 0 Å².